The normalized spacial score (nSPS) is 15.9. The van der Waals surface area contributed by atoms with Crippen LogP contribution in [0.25, 0.3) is 11.0 Å². The first-order valence-corrected chi connectivity index (χ1v) is 8.91. The molecule has 0 unspecified atom stereocenters. The van der Waals surface area contributed by atoms with E-state index in [9.17, 15) is 14.0 Å². The molecule has 1 N–H and O–H groups in total. The van der Waals surface area contributed by atoms with Gasteiger partial charge in [-0.25, -0.2) is 9.37 Å². The number of nitrogens with one attached hydrogen (secondary N) is 1. The number of anilines is 2. The summed E-state index contributed by atoms with van der Waals surface area (Å²) in [7, 11) is 1.56. The Morgan fingerprint density at radius 1 is 1.25 bits per heavy atom. The van der Waals surface area contributed by atoms with E-state index < -0.39 is 11.9 Å². The fourth-order valence-electron chi connectivity index (χ4n) is 3.44. The minimum absolute atomic E-state index is 0.0772. The third kappa shape index (κ3) is 3.22. The first-order chi connectivity index (χ1) is 13.6. The van der Waals surface area contributed by atoms with Crippen molar-refractivity contribution < 1.29 is 18.7 Å². The van der Waals surface area contributed by atoms with E-state index in [1.165, 1.54) is 18.2 Å². The lowest BCUT2D eigenvalue weighted by atomic mass is 10.1. The number of hydrogen-bond donors (Lipinski definition) is 1. The van der Waals surface area contributed by atoms with Gasteiger partial charge in [-0.2, -0.15) is 0 Å². The van der Waals surface area contributed by atoms with Crippen LogP contribution in [0.5, 0.6) is 0 Å². The standard InChI is InChI=1S/C20H19FN4O3/c1-28-10-9-24-19(27)17(12-18(26)22-14-6-4-5-13(21)11-14)25-16-8-3-2-7-15(16)23-20(24)25/h2-8,11,17H,9-10,12H2,1H3,(H,22,26)/t17-/m1/s1. The van der Waals surface area contributed by atoms with Crippen molar-refractivity contribution in [2.45, 2.75) is 12.5 Å². The second-order valence-electron chi connectivity index (χ2n) is 6.53. The van der Waals surface area contributed by atoms with Gasteiger partial charge >= 0.3 is 0 Å². The van der Waals surface area contributed by atoms with Crippen molar-refractivity contribution in [1.29, 1.82) is 0 Å². The number of hydrogen-bond acceptors (Lipinski definition) is 4. The lowest BCUT2D eigenvalue weighted by Gasteiger charge is -2.15. The number of carbonyl (C=O) groups excluding carboxylic acids is 2. The topological polar surface area (TPSA) is 76.5 Å². The minimum Gasteiger partial charge on any atom is -0.383 e. The molecule has 0 bridgehead atoms. The molecule has 4 rings (SSSR count). The Balaban J connectivity index is 1.63. The van der Waals surface area contributed by atoms with Gasteiger partial charge in [0.2, 0.25) is 11.9 Å². The largest absolute Gasteiger partial charge is 0.383 e. The number of nitrogens with zero attached hydrogens (tertiary/aromatic N) is 3. The van der Waals surface area contributed by atoms with E-state index in [0.29, 0.717) is 24.8 Å². The molecule has 0 aliphatic carbocycles. The Morgan fingerprint density at radius 2 is 2.07 bits per heavy atom. The zero-order valence-electron chi connectivity index (χ0n) is 15.3. The van der Waals surface area contributed by atoms with E-state index in [0.717, 1.165) is 11.0 Å². The summed E-state index contributed by atoms with van der Waals surface area (Å²) < 4.78 is 20.2. The molecule has 1 aliphatic heterocycles. The SMILES string of the molecule is COCCN1C(=O)[C@@H](CC(=O)Nc2cccc(F)c2)n2c1nc1ccccc12. The summed E-state index contributed by atoms with van der Waals surface area (Å²) in [5, 5.41) is 2.65. The summed E-state index contributed by atoms with van der Waals surface area (Å²) in [6.07, 6.45) is -0.0772. The quantitative estimate of drug-likeness (QED) is 0.711. The van der Waals surface area contributed by atoms with E-state index in [4.69, 9.17) is 4.74 Å². The monoisotopic (exact) mass is 382 g/mol. The van der Waals surface area contributed by atoms with Gasteiger partial charge in [0.05, 0.1) is 30.6 Å². The number of imidazole rings is 1. The van der Waals surface area contributed by atoms with E-state index in [-0.39, 0.29) is 18.2 Å². The first kappa shape index (κ1) is 18.1. The second-order valence-corrected chi connectivity index (χ2v) is 6.53. The summed E-state index contributed by atoms with van der Waals surface area (Å²) in [6.45, 7) is 0.706. The van der Waals surface area contributed by atoms with Crippen LogP contribution in [0, 0.1) is 5.82 Å². The number of amides is 2. The molecule has 2 aromatic carbocycles. The van der Waals surface area contributed by atoms with Crippen molar-refractivity contribution >= 4 is 34.5 Å². The number of carbonyl (C=O) groups is 2. The van der Waals surface area contributed by atoms with E-state index in [1.807, 2.05) is 24.3 Å². The smallest absolute Gasteiger partial charge is 0.253 e. The summed E-state index contributed by atoms with van der Waals surface area (Å²) >= 11 is 0. The van der Waals surface area contributed by atoms with Gasteiger partial charge in [0.1, 0.15) is 11.9 Å². The molecule has 3 aromatic rings. The van der Waals surface area contributed by atoms with E-state index in [1.54, 1.807) is 22.6 Å². The van der Waals surface area contributed by atoms with Gasteiger partial charge < -0.3 is 10.1 Å². The number of methoxy groups -OCH3 is 1. The average molecular weight is 382 g/mol. The van der Waals surface area contributed by atoms with Crippen LogP contribution >= 0.6 is 0 Å². The van der Waals surface area contributed by atoms with Gasteiger partial charge in [-0.3, -0.25) is 19.1 Å². The van der Waals surface area contributed by atoms with Crippen LogP contribution in [0.4, 0.5) is 16.0 Å². The Kier molecular flexibility index (Phi) is 4.79. The Bertz CT molecular complexity index is 1050. The van der Waals surface area contributed by atoms with Crippen LogP contribution in [-0.2, 0) is 14.3 Å². The minimum atomic E-state index is -0.715. The van der Waals surface area contributed by atoms with Gasteiger partial charge in [0, 0.05) is 12.8 Å². The van der Waals surface area contributed by atoms with Gasteiger partial charge in [0.15, 0.2) is 0 Å². The second kappa shape index (κ2) is 7.40. The van der Waals surface area contributed by atoms with Crippen molar-refractivity contribution in [2.24, 2.45) is 0 Å². The molecule has 1 atom stereocenters. The van der Waals surface area contributed by atoms with Crippen molar-refractivity contribution in [3.63, 3.8) is 0 Å². The molecule has 0 saturated carbocycles. The van der Waals surface area contributed by atoms with Gasteiger partial charge in [-0.1, -0.05) is 18.2 Å². The maximum Gasteiger partial charge on any atom is 0.253 e. The van der Waals surface area contributed by atoms with E-state index >= 15 is 0 Å². The number of fused-ring (bicyclic) bond motifs is 3. The van der Waals surface area contributed by atoms with Crippen LogP contribution in [0.3, 0.4) is 0 Å². The van der Waals surface area contributed by atoms with Crippen LogP contribution in [0.1, 0.15) is 12.5 Å². The maximum absolute atomic E-state index is 13.3. The number of rotatable bonds is 6. The molecule has 2 heterocycles. The van der Waals surface area contributed by atoms with Crippen LogP contribution in [0.2, 0.25) is 0 Å². The molecule has 0 fully saturated rings. The molecular weight excluding hydrogens is 363 g/mol. The predicted octanol–water partition coefficient (Wildman–Crippen LogP) is 2.74. The molecule has 8 heteroatoms. The van der Waals surface area contributed by atoms with Crippen molar-refractivity contribution in [3.05, 3.63) is 54.3 Å². The van der Waals surface area contributed by atoms with Crippen molar-refractivity contribution in [2.75, 3.05) is 30.5 Å². The predicted molar refractivity (Wildman–Crippen MR) is 103 cm³/mol. The number of halogens is 1. The fraction of sp³-hybridized carbons (Fsp3) is 0.250. The molecule has 1 aromatic heterocycles. The molecule has 2 amide bonds. The van der Waals surface area contributed by atoms with Gasteiger partial charge in [-0.15, -0.1) is 0 Å². The Labute approximate surface area is 160 Å². The maximum atomic E-state index is 13.3. The van der Waals surface area contributed by atoms with Crippen molar-refractivity contribution in [3.8, 4) is 0 Å². The molecule has 0 radical (unpaired) electrons. The molecule has 144 valence electrons. The Hall–Kier alpha value is -3.26. The zero-order chi connectivity index (χ0) is 19.7. The number of aromatic nitrogens is 2. The molecular formula is C20H19FN4O3. The Morgan fingerprint density at radius 3 is 2.86 bits per heavy atom. The molecule has 28 heavy (non-hydrogen) atoms. The highest BCUT2D eigenvalue weighted by Crippen LogP contribution is 2.36. The highest BCUT2D eigenvalue weighted by atomic mass is 19.1. The number of para-hydroxylation sites is 2. The fourth-order valence-corrected chi connectivity index (χ4v) is 3.44. The number of benzene rings is 2. The summed E-state index contributed by atoms with van der Waals surface area (Å²) in [5.41, 5.74) is 1.89. The van der Waals surface area contributed by atoms with E-state index in [2.05, 4.69) is 10.3 Å². The highest BCUT2D eigenvalue weighted by Gasteiger charge is 2.40. The van der Waals surface area contributed by atoms with Crippen LogP contribution in [0.15, 0.2) is 48.5 Å². The van der Waals surface area contributed by atoms with Gasteiger partial charge in [0.25, 0.3) is 5.91 Å². The zero-order valence-corrected chi connectivity index (χ0v) is 15.3. The average Bonchev–Trinajstić information content (AvgIpc) is 3.16. The van der Waals surface area contributed by atoms with Gasteiger partial charge in [-0.05, 0) is 30.3 Å². The summed E-state index contributed by atoms with van der Waals surface area (Å²) in [5.74, 6) is -0.517. The molecule has 1 aliphatic rings. The lowest BCUT2D eigenvalue weighted by Crippen LogP contribution is -2.33. The number of ether oxygens (including phenoxy) is 1. The summed E-state index contributed by atoms with van der Waals surface area (Å²) in [4.78, 5) is 31.6. The summed E-state index contributed by atoms with van der Waals surface area (Å²) in [6, 6.07) is 12.4. The third-order valence-corrected chi connectivity index (χ3v) is 4.69. The van der Waals surface area contributed by atoms with Crippen LogP contribution in [-0.4, -0.2) is 41.6 Å². The third-order valence-electron chi connectivity index (χ3n) is 4.69. The molecule has 0 spiro atoms. The van der Waals surface area contributed by atoms with Crippen LogP contribution < -0.4 is 10.2 Å². The van der Waals surface area contributed by atoms with Crippen molar-refractivity contribution in [1.82, 2.24) is 9.55 Å². The lowest BCUT2D eigenvalue weighted by molar-refractivity contribution is -0.124. The first-order valence-electron chi connectivity index (χ1n) is 8.91. The molecule has 0 saturated heterocycles. The molecule has 7 nitrogen and oxygen atoms in total. The highest BCUT2D eigenvalue weighted by molar-refractivity contribution is 6.05.